The van der Waals surface area contributed by atoms with Crippen molar-refractivity contribution in [3.8, 4) is 11.5 Å². The highest BCUT2D eigenvalue weighted by Crippen LogP contribution is 2.25. The monoisotopic (exact) mass is 313 g/mol. The molecule has 1 aromatic heterocycles. The van der Waals surface area contributed by atoms with E-state index in [1.165, 1.54) is 7.11 Å². The Bertz CT molecular complexity index is 627. The molecule has 0 radical (unpaired) electrons. The van der Waals surface area contributed by atoms with Crippen LogP contribution in [-0.2, 0) is 12.5 Å². The standard InChI is InChI=1S/C15H14ClF2NO2/c1-9-3-12(20-2)6-11(19-9)8-21-15-13(17)4-10(7-16)5-14(15)18/h3-6H,7-8H2,1-2H3. The third kappa shape index (κ3) is 3.82. The fourth-order valence-corrected chi connectivity index (χ4v) is 2.02. The second-order valence-electron chi connectivity index (χ2n) is 4.45. The summed E-state index contributed by atoms with van der Waals surface area (Å²) in [5, 5.41) is 0. The molecule has 3 nitrogen and oxygen atoms in total. The van der Waals surface area contributed by atoms with Gasteiger partial charge in [0, 0.05) is 23.7 Å². The van der Waals surface area contributed by atoms with Gasteiger partial charge >= 0.3 is 0 Å². The minimum absolute atomic E-state index is 0.0325. The number of benzene rings is 1. The molecule has 0 amide bonds. The lowest BCUT2D eigenvalue weighted by atomic mass is 10.2. The molecule has 0 unspecified atom stereocenters. The van der Waals surface area contributed by atoms with Crippen LogP contribution in [0.5, 0.6) is 11.5 Å². The van der Waals surface area contributed by atoms with Crippen molar-refractivity contribution in [1.82, 2.24) is 4.98 Å². The molecule has 0 saturated carbocycles. The predicted molar refractivity (Wildman–Crippen MR) is 75.8 cm³/mol. The van der Waals surface area contributed by atoms with Crippen LogP contribution < -0.4 is 9.47 Å². The van der Waals surface area contributed by atoms with E-state index < -0.39 is 17.4 Å². The van der Waals surface area contributed by atoms with E-state index in [4.69, 9.17) is 21.1 Å². The summed E-state index contributed by atoms with van der Waals surface area (Å²) in [7, 11) is 1.53. The lowest BCUT2D eigenvalue weighted by Crippen LogP contribution is -2.03. The SMILES string of the molecule is COc1cc(C)nc(COc2c(F)cc(CCl)cc2F)c1. The first kappa shape index (κ1) is 15.5. The molecular weight excluding hydrogens is 300 g/mol. The Hall–Kier alpha value is -1.88. The van der Waals surface area contributed by atoms with Crippen molar-refractivity contribution in [2.24, 2.45) is 0 Å². The lowest BCUT2D eigenvalue weighted by molar-refractivity contribution is 0.269. The van der Waals surface area contributed by atoms with Crippen LogP contribution in [0, 0.1) is 18.6 Å². The Morgan fingerprint density at radius 2 is 1.81 bits per heavy atom. The maximum Gasteiger partial charge on any atom is 0.191 e. The summed E-state index contributed by atoms with van der Waals surface area (Å²) in [5.74, 6) is -1.37. The first-order chi connectivity index (χ1) is 10.0. The molecule has 0 bridgehead atoms. The number of hydrogen-bond acceptors (Lipinski definition) is 3. The van der Waals surface area contributed by atoms with Gasteiger partial charge in [-0.25, -0.2) is 8.78 Å². The first-order valence-corrected chi connectivity index (χ1v) is 6.75. The molecule has 0 saturated heterocycles. The van der Waals surface area contributed by atoms with Crippen molar-refractivity contribution in [2.75, 3.05) is 7.11 Å². The molecule has 0 N–H and O–H groups in total. The lowest BCUT2D eigenvalue weighted by Gasteiger charge is -2.10. The van der Waals surface area contributed by atoms with Crippen molar-refractivity contribution in [2.45, 2.75) is 19.4 Å². The van der Waals surface area contributed by atoms with Crippen LogP contribution in [0.3, 0.4) is 0 Å². The number of pyridine rings is 1. The van der Waals surface area contributed by atoms with Crippen LogP contribution in [0.1, 0.15) is 17.0 Å². The van der Waals surface area contributed by atoms with Crippen LogP contribution >= 0.6 is 11.6 Å². The fourth-order valence-electron chi connectivity index (χ4n) is 1.87. The van der Waals surface area contributed by atoms with E-state index in [2.05, 4.69) is 4.98 Å². The Balaban J connectivity index is 2.18. The van der Waals surface area contributed by atoms with E-state index in [0.29, 0.717) is 17.0 Å². The first-order valence-electron chi connectivity index (χ1n) is 6.21. The quantitative estimate of drug-likeness (QED) is 0.782. The van der Waals surface area contributed by atoms with Gasteiger partial charge in [-0.2, -0.15) is 0 Å². The highest BCUT2D eigenvalue weighted by atomic mass is 35.5. The normalized spacial score (nSPS) is 10.5. The van der Waals surface area contributed by atoms with Crippen LogP contribution in [0.25, 0.3) is 0 Å². The van der Waals surface area contributed by atoms with E-state index in [9.17, 15) is 8.78 Å². The molecule has 2 rings (SSSR count). The summed E-state index contributed by atoms with van der Waals surface area (Å²) in [6, 6.07) is 5.70. The smallest absolute Gasteiger partial charge is 0.191 e. The van der Waals surface area contributed by atoms with Gasteiger partial charge in [-0.3, -0.25) is 4.98 Å². The van der Waals surface area contributed by atoms with Crippen molar-refractivity contribution in [3.63, 3.8) is 0 Å². The molecular formula is C15H14ClF2NO2. The topological polar surface area (TPSA) is 31.4 Å². The molecule has 0 fully saturated rings. The van der Waals surface area contributed by atoms with Gasteiger partial charge in [0.05, 0.1) is 12.8 Å². The largest absolute Gasteiger partial charge is 0.497 e. The molecule has 1 aromatic carbocycles. The van der Waals surface area contributed by atoms with Gasteiger partial charge in [0.25, 0.3) is 0 Å². The van der Waals surface area contributed by atoms with E-state index >= 15 is 0 Å². The van der Waals surface area contributed by atoms with Gasteiger partial charge in [0.2, 0.25) is 0 Å². The Morgan fingerprint density at radius 3 is 2.38 bits per heavy atom. The number of nitrogens with zero attached hydrogens (tertiary/aromatic N) is 1. The van der Waals surface area contributed by atoms with Gasteiger partial charge in [-0.15, -0.1) is 11.6 Å². The highest BCUT2D eigenvalue weighted by molar-refractivity contribution is 6.17. The molecule has 1 heterocycles. The fraction of sp³-hybridized carbons (Fsp3) is 0.267. The van der Waals surface area contributed by atoms with Crippen molar-refractivity contribution < 1.29 is 18.3 Å². The molecule has 0 aliphatic heterocycles. The second kappa shape index (κ2) is 6.72. The highest BCUT2D eigenvalue weighted by Gasteiger charge is 2.13. The second-order valence-corrected chi connectivity index (χ2v) is 4.72. The molecule has 0 spiro atoms. The Labute approximate surface area is 126 Å². The van der Waals surface area contributed by atoms with Gasteiger partial charge in [0.15, 0.2) is 17.4 Å². The molecule has 21 heavy (non-hydrogen) atoms. The summed E-state index contributed by atoms with van der Waals surface area (Å²) in [6.07, 6.45) is 0. The van der Waals surface area contributed by atoms with E-state index in [0.717, 1.165) is 17.8 Å². The number of rotatable bonds is 5. The number of ether oxygens (including phenoxy) is 2. The summed E-state index contributed by atoms with van der Waals surface area (Å²) in [5.41, 5.74) is 1.60. The van der Waals surface area contributed by atoms with E-state index in [1.54, 1.807) is 19.1 Å². The number of hydrogen-bond donors (Lipinski definition) is 0. The van der Waals surface area contributed by atoms with Crippen molar-refractivity contribution >= 4 is 11.6 Å². The molecule has 112 valence electrons. The summed E-state index contributed by atoms with van der Waals surface area (Å²) in [4.78, 5) is 4.22. The van der Waals surface area contributed by atoms with Crippen LogP contribution in [0.4, 0.5) is 8.78 Å². The van der Waals surface area contributed by atoms with Gasteiger partial charge in [0.1, 0.15) is 12.4 Å². The maximum absolute atomic E-state index is 13.8. The molecule has 2 aromatic rings. The maximum atomic E-state index is 13.8. The minimum Gasteiger partial charge on any atom is -0.497 e. The van der Waals surface area contributed by atoms with Gasteiger partial charge in [-0.1, -0.05) is 0 Å². The van der Waals surface area contributed by atoms with E-state index in [1.807, 2.05) is 0 Å². The van der Waals surface area contributed by atoms with Crippen LogP contribution in [-0.4, -0.2) is 12.1 Å². The molecule has 6 heteroatoms. The van der Waals surface area contributed by atoms with Gasteiger partial charge < -0.3 is 9.47 Å². The van der Waals surface area contributed by atoms with Crippen molar-refractivity contribution in [3.05, 3.63) is 52.9 Å². The average Bonchev–Trinajstić information content (AvgIpc) is 2.45. The molecule has 0 atom stereocenters. The molecule has 0 aliphatic rings. The predicted octanol–water partition coefficient (Wildman–Crippen LogP) is 3.99. The zero-order valence-electron chi connectivity index (χ0n) is 11.6. The minimum atomic E-state index is -0.787. The number of methoxy groups -OCH3 is 1. The van der Waals surface area contributed by atoms with Crippen molar-refractivity contribution in [1.29, 1.82) is 0 Å². The number of halogens is 3. The Morgan fingerprint density at radius 1 is 1.14 bits per heavy atom. The number of aryl methyl sites for hydroxylation is 1. The van der Waals surface area contributed by atoms with Crippen LogP contribution in [0.2, 0.25) is 0 Å². The number of aromatic nitrogens is 1. The van der Waals surface area contributed by atoms with Crippen LogP contribution in [0.15, 0.2) is 24.3 Å². The average molecular weight is 314 g/mol. The third-order valence-corrected chi connectivity index (χ3v) is 3.10. The zero-order valence-corrected chi connectivity index (χ0v) is 12.4. The van der Waals surface area contributed by atoms with E-state index in [-0.39, 0.29) is 12.5 Å². The zero-order chi connectivity index (χ0) is 15.4. The summed E-state index contributed by atoms with van der Waals surface area (Å²) in [6.45, 7) is 1.73. The number of alkyl halides is 1. The van der Waals surface area contributed by atoms with Gasteiger partial charge in [-0.05, 0) is 24.6 Å². The summed E-state index contributed by atoms with van der Waals surface area (Å²) < 4.78 is 37.8. The molecule has 0 aliphatic carbocycles. The third-order valence-electron chi connectivity index (χ3n) is 2.79. The summed E-state index contributed by atoms with van der Waals surface area (Å²) >= 11 is 5.55. The Kier molecular flexibility index (Phi) is 4.96.